The second-order valence-corrected chi connectivity index (χ2v) is 6.18. The van der Waals surface area contributed by atoms with E-state index in [9.17, 15) is 0 Å². The van der Waals surface area contributed by atoms with Crippen molar-refractivity contribution in [2.24, 2.45) is 0 Å². The Labute approximate surface area is 156 Å². The van der Waals surface area contributed by atoms with Gasteiger partial charge in [-0.2, -0.15) is 0 Å². The van der Waals surface area contributed by atoms with Crippen LogP contribution in [0.25, 0.3) is 12.2 Å². The zero-order chi connectivity index (χ0) is 18.2. The molecule has 3 aromatic rings. The van der Waals surface area contributed by atoms with Crippen LogP contribution in [-0.2, 0) is 12.8 Å². The maximum atomic E-state index is 5.39. The van der Waals surface area contributed by atoms with Gasteiger partial charge in [-0.1, -0.05) is 72.5 Å². The van der Waals surface area contributed by atoms with Gasteiger partial charge in [-0.3, -0.25) is 0 Å². The predicted molar refractivity (Wildman–Crippen MR) is 112 cm³/mol. The summed E-state index contributed by atoms with van der Waals surface area (Å²) in [5.41, 5.74) is 6.81. The van der Waals surface area contributed by atoms with E-state index in [1.54, 1.807) is 0 Å². The van der Waals surface area contributed by atoms with Crippen LogP contribution in [0.1, 0.15) is 33.4 Å². The highest BCUT2D eigenvalue weighted by molar-refractivity contribution is 5.69. The Morgan fingerprint density at radius 1 is 0.538 bits per heavy atom. The molecule has 124 valence electrons. The van der Waals surface area contributed by atoms with Crippen molar-refractivity contribution in [2.75, 3.05) is 0 Å². The lowest BCUT2D eigenvalue weighted by Crippen LogP contribution is -1.91. The molecule has 0 atom stereocenters. The van der Waals surface area contributed by atoms with Crippen LogP contribution >= 0.6 is 0 Å². The third-order valence-electron chi connectivity index (χ3n) is 4.35. The highest BCUT2D eigenvalue weighted by Gasteiger charge is 1.97. The van der Waals surface area contributed by atoms with Crippen molar-refractivity contribution in [3.05, 3.63) is 106 Å². The standard InChI is InChI=1S/C26H20/c1-3-21-5-9-23(10-6-21)13-15-25-17-19-26(20-18-25)16-14-24-11-7-22(4-2)8-12-24/h1-2,5-13,15,17-20H,14,16H2. The Kier molecular flexibility index (Phi) is 5.72. The molecule has 0 radical (unpaired) electrons. The van der Waals surface area contributed by atoms with Crippen LogP contribution in [-0.4, -0.2) is 0 Å². The Hall–Kier alpha value is -3.48. The van der Waals surface area contributed by atoms with Crippen LogP contribution in [0.5, 0.6) is 0 Å². The average molecular weight is 332 g/mol. The lowest BCUT2D eigenvalue weighted by Gasteiger charge is -2.03. The monoisotopic (exact) mass is 332 g/mol. The molecule has 0 N–H and O–H groups in total. The lowest BCUT2D eigenvalue weighted by molar-refractivity contribution is 0.960. The van der Waals surface area contributed by atoms with Crippen molar-refractivity contribution in [2.45, 2.75) is 12.8 Å². The molecule has 0 unspecified atom stereocenters. The predicted octanol–water partition coefficient (Wildman–Crippen LogP) is 5.60. The molecule has 26 heavy (non-hydrogen) atoms. The van der Waals surface area contributed by atoms with Gasteiger partial charge >= 0.3 is 0 Å². The Morgan fingerprint density at radius 3 is 1.31 bits per heavy atom. The van der Waals surface area contributed by atoms with Crippen LogP contribution < -0.4 is 0 Å². The molecule has 0 heterocycles. The molecule has 0 fully saturated rings. The number of terminal acetylenes is 2. The van der Waals surface area contributed by atoms with E-state index in [1.165, 1.54) is 16.7 Å². The molecule has 0 spiro atoms. The van der Waals surface area contributed by atoms with Gasteiger partial charge in [0.05, 0.1) is 0 Å². The highest BCUT2D eigenvalue weighted by Crippen LogP contribution is 2.13. The molecule has 0 bridgehead atoms. The lowest BCUT2D eigenvalue weighted by atomic mass is 10.0. The van der Waals surface area contributed by atoms with Gasteiger partial charge in [-0.15, -0.1) is 12.8 Å². The first kappa shape index (κ1) is 17.3. The number of rotatable bonds is 5. The van der Waals surface area contributed by atoms with Gasteiger partial charge in [0.15, 0.2) is 0 Å². The summed E-state index contributed by atoms with van der Waals surface area (Å²) in [6.45, 7) is 0. The Morgan fingerprint density at radius 2 is 0.885 bits per heavy atom. The van der Waals surface area contributed by atoms with Crippen molar-refractivity contribution in [3.8, 4) is 24.7 Å². The summed E-state index contributed by atoms with van der Waals surface area (Å²) in [5, 5.41) is 0. The average Bonchev–Trinajstić information content (AvgIpc) is 2.72. The van der Waals surface area contributed by atoms with E-state index in [1.807, 2.05) is 36.4 Å². The van der Waals surface area contributed by atoms with Crippen molar-refractivity contribution in [1.29, 1.82) is 0 Å². The van der Waals surface area contributed by atoms with E-state index in [0.717, 1.165) is 29.5 Å². The summed E-state index contributed by atoms with van der Waals surface area (Å²) in [4.78, 5) is 0. The molecule has 0 heteroatoms. The number of hydrogen-bond acceptors (Lipinski definition) is 0. The Balaban J connectivity index is 1.58. The fourth-order valence-corrected chi connectivity index (χ4v) is 2.73. The molecule has 0 saturated carbocycles. The zero-order valence-electron chi connectivity index (χ0n) is 14.7. The minimum Gasteiger partial charge on any atom is -0.115 e. The molecular formula is C26H20. The van der Waals surface area contributed by atoms with Crippen LogP contribution in [0, 0.1) is 24.7 Å². The topological polar surface area (TPSA) is 0 Å². The first-order valence-electron chi connectivity index (χ1n) is 8.66. The third kappa shape index (κ3) is 4.76. The number of aryl methyl sites for hydroxylation is 2. The molecule has 0 nitrogen and oxygen atoms in total. The van der Waals surface area contributed by atoms with Gasteiger partial charge in [-0.25, -0.2) is 0 Å². The molecule has 0 aromatic heterocycles. The highest BCUT2D eigenvalue weighted by atomic mass is 14.0. The van der Waals surface area contributed by atoms with Crippen molar-refractivity contribution in [1.82, 2.24) is 0 Å². The maximum absolute atomic E-state index is 5.39. The van der Waals surface area contributed by atoms with Crippen LogP contribution in [0.2, 0.25) is 0 Å². The first-order valence-corrected chi connectivity index (χ1v) is 8.66. The van der Waals surface area contributed by atoms with Gasteiger partial charge in [0.2, 0.25) is 0 Å². The minimum atomic E-state index is 0.903. The molecule has 3 rings (SSSR count). The van der Waals surface area contributed by atoms with Crippen molar-refractivity contribution in [3.63, 3.8) is 0 Å². The van der Waals surface area contributed by atoms with Gasteiger partial charge in [0.1, 0.15) is 0 Å². The van der Waals surface area contributed by atoms with E-state index in [2.05, 4.69) is 60.4 Å². The third-order valence-corrected chi connectivity index (χ3v) is 4.35. The molecule has 3 aromatic carbocycles. The van der Waals surface area contributed by atoms with Gasteiger partial charge in [0, 0.05) is 11.1 Å². The first-order chi connectivity index (χ1) is 12.8. The van der Waals surface area contributed by atoms with Gasteiger partial charge in [0.25, 0.3) is 0 Å². The minimum absolute atomic E-state index is 0.903. The summed E-state index contributed by atoms with van der Waals surface area (Å²) >= 11 is 0. The van der Waals surface area contributed by atoms with Crippen molar-refractivity contribution >= 4 is 12.2 Å². The zero-order valence-corrected chi connectivity index (χ0v) is 14.7. The van der Waals surface area contributed by atoms with Crippen LogP contribution in [0.3, 0.4) is 0 Å². The summed E-state index contributed by atoms with van der Waals surface area (Å²) in [6.07, 6.45) is 17.0. The molecule has 0 saturated heterocycles. The quantitative estimate of drug-likeness (QED) is 0.421. The normalized spacial score (nSPS) is 10.4. The molecule has 0 aliphatic heterocycles. The SMILES string of the molecule is C#Cc1ccc(C=Cc2ccc(CCc3ccc(C#C)cc3)cc2)cc1. The van der Waals surface area contributed by atoms with E-state index < -0.39 is 0 Å². The molecule has 0 aliphatic rings. The summed E-state index contributed by atoms with van der Waals surface area (Å²) in [7, 11) is 0. The second-order valence-electron chi connectivity index (χ2n) is 6.18. The second kappa shape index (κ2) is 8.57. The Bertz CT molecular complexity index is 955. The summed E-state index contributed by atoms with van der Waals surface area (Å²) in [6, 6.07) is 24.9. The van der Waals surface area contributed by atoms with Gasteiger partial charge in [-0.05, 0) is 59.4 Å². The fraction of sp³-hybridized carbons (Fsp3) is 0.0769. The molecular weight excluding hydrogens is 312 g/mol. The maximum Gasteiger partial charge on any atom is 0.0243 e. The largest absolute Gasteiger partial charge is 0.115 e. The molecule has 0 aliphatic carbocycles. The number of benzene rings is 3. The summed E-state index contributed by atoms with van der Waals surface area (Å²) in [5.74, 6) is 5.28. The van der Waals surface area contributed by atoms with E-state index in [-0.39, 0.29) is 0 Å². The fourth-order valence-electron chi connectivity index (χ4n) is 2.73. The van der Waals surface area contributed by atoms with Crippen molar-refractivity contribution < 1.29 is 0 Å². The van der Waals surface area contributed by atoms with E-state index in [4.69, 9.17) is 12.8 Å². The number of hydrogen-bond donors (Lipinski definition) is 0. The van der Waals surface area contributed by atoms with E-state index in [0.29, 0.717) is 0 Å². The van der Waals surface area contributed by atoms with Gasteiger partial charge < -0.3 is 0 Å². The summed E-state index contributed by atoms with van der Waals surface area (Å²) < 4.78 is 0. The van der Waals surface area contributed by atoms with Crippen LogP contribution in [0.4, 0.5) is 0 Å². The van der Waals surface area contributed by atoms with Crippen LogP contribution in [0.15, 0.2) is 72.8 Å². The van der Waals surface area contributed by atoms with E-state index >= 15 is 0 Å². The smallest absolute Gasteiger partial charge is 0.0243 e. The molecule has 0 amide bonds.